The molecular formula is C17H19BrFN. The van der Waals surface area contributed by atoms with E-state index in [2.05, 4.69) is 52.4 Å². The molecule has 0 aliphatic carbocycles. The van der Waals surface area contributed by atoms with Gasteiger partial charge in [-0.05, 0) is 54.8 Å². The number of halogens is 2. The van der Waals surface area contributed by atoms with Gasteiger partial charge in [0.05, 0.1) is 0 Å². The Morgan fingerprint density at radius 1 is 1.10 bits per heavy atom. The molecule has 0 fully saturated rings. The fourth-order valence-corrected chi connectivity index (χ4v) is 2.79. The van der Waals surface area contributed by atoms with E-state index >= 15 is 0 Å². The van der Waals surface area contributed by atoms with Crippen LogP contribution in [0.25, 0.3) is 0 Å². The molecule has 0 aliphatic rings. The molecule has 0 heterocycles. The second-order valence-corrected chi connectivity index (χ2v) is 5.83. The second kappa shape index (κ2) is 7.00. The number of hydrogen-bond donors (Lipinski definition) is 1. The lowest BCUT2D eigenvalue weighted by atomic mass is 9.98. The Labute approximate surface area is 128 Å². The van der Waals surface area contributed by atoms with Crippen LogP contribution in [0.15, 0.2) is 46.9 Å². The van der Waals surface area contributed by atoms with Crippen LogP contribution < -0.4 is 5.32 Å². The van der Waals surface area contributed by atoms with Crippen LogP contribution in [0.2, 0.25) is 0 Å². The highest BCUT2D eigenvalue weighted by Crippen LogP contribution is 2.23. The first-order valence-electron chi connectivity index (χ1n) is 6.83. The monoisotopic (exact) mass is 335 g/mol. The van der Waals surface area contributed by atoms with Gasteiger partial charge in [0, 0.05) is 10.5 Å². The zero-order chi connectivity index (χ0) is 14.5. The molecule has 0 radical (unpaired) electrons. The number of nitrogens with one attached hydrogen (secondary N) is 1. The Bertz CT molecular complexity index is 545. The zero-order valence-corrected chi connectivity index (χ0v) is 13.4. The van der Waals surface area contributed by atoms with Gasteiger partial charge < -0.3 is 5.32 Å². The van der Waals surface area contributed by atoms with Crippen molar-refractivity contribution < 1.29 is 4.39 Å². The maximum Gasteiger partial charge on any atom is 0.124 e. The summed E-state index contributed by atoms with van der Waals surface area (Å²) in [7, 11) is 1.91. The van der Waals surface area contributed by atoms with Crippen LogP contribution in [0.3, 0.4) is 0 Å². The van der Waals surface area contributed by atoms with Crippen molar-refractivity contribution in [2.24, 2.45) is 0 Å². The Hall–Kier alpha value is -1.19. The minimum Gasteiger partial charge on any atom is -0.313 e. The maximum atomic E-state index is 13.5. The predicted octanol–water partition coefficient (Wildman–Crippen LogP) is 4.65. The van der Waals surface area contributed by atoms with Crippen molar-refractivity contribution >= 4 is 15.9 Å². The summed E-state index contributed by atoms with van der Waals surface area (Å²) in [5, 5.41) is 3.26. The molecule has 1 nitrogen and oxygen atoms in total. The average molecular weight is 336 g/mol. The van der Waals surface area contributed by atoms with Gasteiger partial charge in [-0.2, -0.15) is 0 Å². The molecule has 2 rings (SSSR count). The molecule has 0 bridgehead atoms. The lowest BCUT2D eigenvalue weighted by molar-refractivity contribution is 0.576. The first-order valence-corrected chi connectivity index (χ1v) is 7.62. The molecule has 0 spiro atoms. The third-order valence-electron chi connectivity index (χ3n) is 3.51. The Kier molecular flexibility index (Phi) is 5.32. The number of aryl methyl sites for hydroxylation is 1. The molecule has 3 heteroatoms. The quantitative estimate of drug-likeness (QED) is 0.838. The standard InChI is InChI=1S/C17H19BrFN/c1-3-12-4-6-13(7-5-12)8-17(20-2)14-9-15(18)11-16(19)10-14/h4-7,9-11,17,20H,3,8H2,1-2H3. The van der Waals surface area contributed by atoms with Crippen molar-refractivity contribution in [3.05, 3.63) is 69.4 Å². The fourth-order valence-electron chi connectivity index (χ4n) is 2.31. The van der Waals surface area contributed by atoms with Crippen LogP contribution in [-0.4, -0.2) is 7.05 Å². The highest BCUT2D eigenvalue weighted by Gasteiger charge is 2.12. The van der Waals surface area contributed by atoms with Gasteiger partial charge in [-0.1, -0.05) is 47.1 Å². The van der Waals surface area contributed by atoms with Gasteiger partial charge in [0.15, 0.2) is 0 Å². The normalized spacial score (nSPS) is 12.4. The topological polar surface area (TPSA) is 12.0 Å². The van der Waals surface area contributed by atoms with Gasteiger partial charge in [0.1, 0.15) is 5.82 Å². The van der Waals surface area contributed by atoms with E-state index in [9.17, 15) is 4.39 Å². The van der Waals surface area contributed by atoms with Gasteiger partial charge in [0.2, 0.25) is 0 Å². The van der Waals surface area contributed by atoms with Gasteiger partial charge in [-0.25, -0.2) is 4.39 Å². The molecule has 2 aromatic carbocycles. The maximum absolute atomic E-state index is 13.5. The summed E-state index contributed by atoms with van der Waals surface area (Å²) in [5.74, 6) is -0.212. The Morgan fingerprint density at radius 3 is 2.30 bits per heavy atom. The molecule has 106 valence electrons. The van der Waals surface area contributed by atoms with Gasteiger partial charge in [-0.3, -0.25) is 0 Å². The smallest absolute Gasteiger partial charge is 0.124 e. The minimum absolute atomic E-state index is 0.106. The molecular weight excluding hydrogens is 317 g/mol. The predicted molar refractivity (Wildman–Crippen MR) is 85.4 cm³/mol. The minimum atomic E-state index is -0.212. The first-order chi connectivity index (χ1) is 9.62. The van der Waals surface area contributed by atoms with Crippen LogP contribution in [0.5, 0.6) is 0 Å². The van der Waals surface area contributed by atoms with E-state index in [-0.39, 0.29) is 11.9 Å². The average Bonchev–Trinajstić information content (AvgIpc) is 2.44. The summed E-state index contributed by atoms with van der Waals surface area (Å²) in [6.45, 7) is 2.15. The Balaban J connectivity index is 2.19. The van der Waals surface area contributed by atoms with Crippen LogP contribution in [0.1, 0.15) is 29.7 Å². The van der Waals surface area contributed by atoms with Crippen LogP contribution in [0.4, 0.5) is 4.39 Å². The molecule has 1 unspecified atom stereocenters. The van der Waals surface area contributed by atoms with E-state index in [4.69, 9.17) is 0 Å². The van der Waals surface area contributed by atoms with Crippen molar-refractivity contribution in [3.63, 3.8) is 0 Å². The lowest BCUT2D eigenvalue weighted by Gasteiger charge is -2.17. The van der Waals surface area contributed by atoms with E-state index < -0.39 is 0 Å². The summed E-state index contributed by atoms with van der Waals surface area (Å²) in [4.78, 5) is 0. The van der Waals surface area contributed by atoms with Crippen LogP contribution in [-0.2, 0) is 12.8 Å². The summed E-state index contributed by atoms with van der Waals surface area (Å²) in [6, 6.07) is 13.8. The largest absolute Gasteiger partial charge is 0.313 e. The van der Waals surface area contributed by atoms with Gasteiger partial charge >= 0.3 is 0 Å². The highest BCUT2D eigenvalue weighted by molar-refractivity contribution is 9.10. The third-order valence-corrected chi connectivity index (χ3v) is 3.96. The number of rotatable bonds is 5. The highest BCUT2D eigenvalue weighted by atomic mass is 79.9. The molecule has 0 saturated carbocycles. The molecule has 0 amide bonds. The van der Waals surface area contributed by atoms with Crippen molar-refractivity contribution in [3.8, 4) is 0 Å². The van der Waals surface area contributed by atoms with E-state index in [1.54, 1.807) is 6.07 Å². The lowest BCUT2D eigenvalue weighted by Crippen LogP contribution is -2.19. The summed E-state index contributed by atoms with van der Waals surface area (Å²) in [6.07, 6.45) is 1.89. The van der Waals surface area contributed by atoms with E-state index in [0.29, 0.717) is 0 Å². The molecule has 0 aromatic heterocycles. The first kappa shape index (κ1) is 15.2. The van der Waals surface area contributed by atoms with Crippen molar-refractivity contribution in [1.82, 2.24) is 5.32 Å². The van der Waals surface area contributed by atoms with Gasteiger partial charge in [0.25, 0.3) is 0 Å². The molecule has 1 N–H and O–H groups in total. The number of likely N-dealkylation sites (N-methyl/N-ethyl adjacent to an activating group) is 1. The fraction of sp³-hybridized carbons (Fsp3) is 0.294. The summed E-state index contributed by atoms with van der Waals surface area (Å²) in [5.41, 5.74) is 3.55. The van der Waals surface area contributed by atoms with E-state index in [1.807, 2.05) is 13.1 Å². The van der Waals surface area contributed by atoms with Gasteiger partial charge in [-0.15, -0.1) is 0 Å². The number of benzene rings is 2. The van der Waals surface area contributed by atoms with Crippen molar-refractivity contribution in [2.45, 2.75) is 25.8 Å². The molecule has 20 heavy (non-hydrogen) atoms. The zero-order valence-electron chi connectivity index (χ0n) is 11.8. The Morgan fingerprint density at radius 2 is 1.75 bits per heavy atom. The van der Waals surface area contributed by atoms with E-state index in [1.165, 1.54) is 17.2 Å². The third kappa shape index (κ3) is 3.90. The summed E-state index contributed by atoms with van der Waals surface area (Å²) >= 11 is 3.35. The van der Waals surface area contributed by atoms with Crippen LogP contribution in [0, 0.1) is 5.82 Å². The van der Waals surface area contributed by atoms with E-state index in [0.717, 1.165) is 22.9 Å². The van der Waals surface area contributed by atoms with Crippen LogP contribution >= 0.6 is 15.9 Å². The molecule has 2 aromatic rings. The number of hydrogen-bond acceptors (Lipinski definition) is 1. The molecule has 0 saturated heterocycles. The molecule has 0 aliphatic heterocycles. The SMILES string of the molecule is CCc1ccc(CC(NC)c2cc(F)cc(Br)c2)cc1. The molecule has 1 atom stereocenters. The van der Waals surface area contributed by atoms with Crippen molar-refractivity contribution in [1.29, 1.82) is 0 Å². The summed E-state index contributed by atoms with van der Waals surface area (Å²) < 4.78 is 14.3. The second-order valence-electron chi connectivity index (χ2n) is 4.92. The van der Waals surface area contributed by atoms with Crippen molar-refractivity contribution in [2.75, 3.05) is 7.05 Å².